The zero-order valence-corrected chi connectivity index (χ0v) is 13.0. The molecule has 0 heterocycles. The van der Waals surface area contributed by atoms with Crippen molar-refractivity contribution in [1.29, 1.82) is 0 Å². The van der Waals surface area contributed by atoms with Crippen molar-refractivity contribution < 1.29 is 4.39 Å². The molecule has 1 aliphatic rings. The van der Waals surface area contributed by atoms with Crippen molar-refractivity contribution in [3.63, 3.8) is 0 Å². The average molecular weight is 332 g/mol. The van der Waals surface area contributed by atoms with E-state index in [9.17, 15) is 4.39 Å². The molecule has 0 aromatic heterocycles. The minimum Gasteiger partial charge on any atom is -0.312 e. The van der Waals surface area contributed by atoms with Gasteiger partial charge in [-0.1, -0.05) is 28.8 Å². The molecule has 0 amide bonds. The number of nitrogens with one attached hydrogen (secondary N) is 1. The number of benzene rings is 1. The molecule has 0 saturated heterocycles. The summed E-state index contributed by atoms with van der Waals surface area (Å²) in [6, 6.07) is 5.25. The van der Waals surface area contributed by atoms with Crippen LogP contribution in [0.4, 0.5) is 4.39 Å². The van der Waals surface area contributed by atoms with Crippen molar-refractivity contribution >= 4 is 27.7 Å². The lowest BCUT2D eigenvalue weighted by Crippen LogP contribution is -2.21. The van der Waals surface area contributed by atoms with Crippen molar-refractivity contribution in [2.45, 2.75) is 37.0 Å². The van der Waals surface area contributed by atoms with E-state index in [2.05, 4.69) is 21.2 Å². The summed E-state index contributed by atoms with van der Waals surface area (Å²) in [6.45, 7) is 0. The molecule has 1 fully saturated rings. The number of hydrogen-bond donors (Lipinski definition) is 1. The summed E-state index contributed by atoms with van der Waals surface area (Å²) in [4.78, 5) is 0. The third-order valence-electron chi connectivity index (χ3n) is 3.48. The zero-order chi connectivity index (χ0) is 13.0. The summed E-state index contributed by atoms with van der Waals surface area (Å²) in [5.41, 5.74) is 0.761. The SMILES string of the molecule is CNC(CSC1CCCC1)c1cc(Br)ccc1F. The van der Waals surface area contributed by atoms with E-state index >= 15 is 0 Å². The second-order valence-electron chi connectivity index (χ2n) is 4.75. The van der Waals surface area contributed by atoms with Gasteiger partial charge in [-0.3, -0.25) is 0 Å². The molecular weight excluding hydrogens is 313 g/mol. The van der Waals surface area contributed by atoms with Crippen molar-refractivity contribution in [2.24, 2.45) is 0 Å². The van der Waals surface area contributed by atoms with Gasteiger partial charge >= 0.3 is 0 Å². The molecule has 1 aromatic rings. The van der Waals surface area contributed by atoms with E-state index in [-0.39, 0.29) is 11.9 Å². The Bertz CT molecular complexity index is 393. The van der Waals surface area contributed by atoms with Gasteiger partial charge in [-0.15, -0.1) is 0 Å². The third-order valence-corrected chi connectivity index (χ3v) is 5.44. The largest absolute Gasteiger partial charge is 0.312 e. The van der Waals surface area contributed by atoms with E-state index in [0.29, 0.717) is 0 Å². The highest BCUT2D eigenvalue weighted by molar-refractivity contribution is 9.10. The van der Waals surface area contributed by atoms with Gasteiger partial charge in [-0.25, -0.2) is 4.39 Å². The summed E-state index contributed by atoms with van der Waals surface area (Å²) in [5, 5.41) is 4.00. The van der Waals surface area contributed by atoms with Crippen LogP contribution in [0.25, 0.3) is 0 Å². The van der Waals surface area contributed by atoms with Crippen molar-refractivity contribution in [3.8, 4) is 0 Å². The molecule has 0 aliphatic heterocycles. The number of halogens is 2. The Labute approximate surface area is 121 Å². The van der Waals surface area contributed by atoms with Gasteiger partial charge in [0.2, 0.25) is 0 Å². The minimum atomic E-state index is -0.121. The first-order chi connectivity index (χ1) is 8.70. The van der Waals surface area contributed by atoms with Crippen LogP contribution in [0.1, 0.15) is 37.3 Å². The molecule has 1 unspecified atom stereocenters. The van der Waals surface area contributed by atoms with Gasteiger partial charge in [-0.05, 0) is 38.1 Å². The molecule has 1 nitrogen and oxygen atoms in total. The van der Waals surface area contributed by atoms with Gasteiger partial charge < -0.3 is 5.32 Å². The first-order valence-electron chi connectivity index (χ1n) is 6.44. The number of thioether (sulfide) groups is 1. The van der Waals surface area contributed by atoms with Gasteiger partial charge in [-0.2, -0.15) is 11.8 Å². The Hall–Kier alpha value is -0.0600. The van der Waals surface area contributed by atoms with Gasteiger partial charge in [0.05, 0.1) is 0 Å². The second kappa shape index (κ2) is 6.92. The van der Waals surface area contributed by atoms with Crippen LogP contribution in [0.2, 0.25) is 0 Å². The quantitative estimate of drug-likeness (QED) is 0.850. The minimum absolute atomic E-state index is 0.0908. The lowest BCUT2D eigenvalue weighted by Gasteiger charge is -2.19. The Morgan fingerprint density at radius 2 is 2.17 bits per heavy atom. The van der Waals surface area contributed by atoms with E-state index in [1.54, 1.807) is 6.07 Å². The molecule has 2 rings (SSSR count). The summed E-state index contributed by atoms with van der Waals surface area (Å²) >= 11 is 5.39. The van der Waals surface area contributed by atoms with Gasteiger partial charge in [0.15, 0.2) is 0 Å². The predicted octanol–water partition coefficient (Wildman–Crippen LogP) is 4.52. The van der Waals surface area contributed by atoms with E-state index < -0.39 is 0 Å². The molecule has 0 radical (unpaired) electrons. The van der Waals surface area contributed by atoms with Crippen LogP contribution in [0, 0.1) is 5.82 Å². The zero-order valence-electron chi connectivity index (χ0n) is 10.6. The fraction of sp³-hybridized carbons (Fsp3) is 0.571. The topological polar surface area (TPSA) is 12.0 Å². The first kappa shape index (κ1) is 14.4. The van der Waals surface area contributed by atoms with Gasteiger partial charge in [0.1, 0.15) is 5.82 Å². The van der Waals surface area contributed by atoms with E-state index in [4.69, 9.17) is 0 Å². The summed E-state index contributed by atoms with van der Waals surface area (Å²) in [5.74, 6) is 0.818. The lowest BCUT2D eigenvalue weighted by atomic mass is 10.1. The van der Waals surface area contributed by atoms with Crippen molar-refractivity contribution in [2.75, 3.05) is 12.8 Å². The molecule has 1 aliphatic carbocycles. The molecule has 1 N–H and O–H groups in total. The van der Waals surface area contributed by atoms with Crippen LogP contribution in [0.3, 0.4) is 0 Å². The van der Waals surface area contributed by atoms with E-state index in [1.807, 2.05) is 24.9 Å². The second-order valence-corrected chi connectivity index (χ2v) is 7.00. The molecule has 0 bridgehead atoms. The monoisotopic (exact) mass is 331 g/mol. The van der Waals surface area contributed by atoms with Crippen LogP contribution in [-0.2, 0) is 0 Å². The number of rotatable bonds is 5. The predicted molar refractivity (Wildman–Crippen MR) is 80.6 cm³/mol. The van der Waals surface area contributed by atoms with Crippen LogP contribution < -0.4 is 5.32 Å². The molecule has 1 atom stereocenters. The van der Waals surface area contributed by atoms with Crippen LogP contribution in [0.15, 0.2) is 22.7 Å². The molecule has 1 aromatic carbocycles. The molecule has 18 heavy (non-hydrogen) atoms. The van der Waals surface area contributed by atoms with Crippen molar-refractivity contribution in [3.05, 3.63) is 34.1 Å². The van der Waals surface area contributed by atoms with E-state index in [0.717, 1.165) is 21.0 Å². The Kier molecular flexibility index (Phi) is 5.52. The maximum Gasteiger partial charge on any atom is 0.128 e. The van der Waals surface area contributed by atoms with E-state index in [1.165, 1.54) is 31.7 Å². The molecular formula is C14H19BrFNS. The Morgan fingerprint density at radius 1 is 1.44 bits per heavy atom. The Morgan fingerprint density at radius 3 is 2.83 bits per heavy atom. The third kappa shape index (κ3) is 3.72. The normalized spacial score (nSPS) is 18.2. The molecule has 1 saturated carbocycles. The first-order valence-corrected chi connectivity index (χ1v) is 8.28. The standard InChI is InChI=1S/C14H19BrFNS/c1-17-14(9-18-11-4-2-3-5-11)12-8-10(15)6-7-13(12)16/h6-8,11,14,17H,2-5,9H2,1H3. The van der Waals surface area contributed by atoms with Gasteiger partial charge in [0.25, 0.3) is 0 Å². The molecule has 4 heteroatoms. The highest BCUT2D eigenvalue weighted by Gasteiger charge is 2.19. The van der Waals surface area contributed by atoms with Crippen LogP contribution >= 0.6 is 27.7 Å². The number of hydrogen-bond acceptors (Lipinski definition) is 2. The Balaban J connectivity index is 2.00. The summed E-state index contributed by atoms with van der Waals surface area (Å²) in [7, 11) is 1.90. The fourth-order valence-corrected chi connectivity index (χ4v) is 4.25. The maximum absolute atomic E-state index is 13.8. The maximum atomic E-state index is 13.8. The van der Waals surface area contributed by atoms with Crippen LogP contribution in [-0.4, -0.2) is 18.1 Å². The highest BCUT2D eigenvalue weighted by atomic mass is 79.9. The lowest BCUT2D eigenvalue weighted by molar-refractivity contribution is 0.565. The van der Waals surface area contributed by atoms with Gasteiger partial charge in [0, 0.05) is 27.1 Å². The summed E-state index contributed by atoms with van der Waals surface area (Å²) < 4.78 is 14.8. The van der Waals surface area contributed by atoms with Crippen LogP contribution in [0.5, 0.6) is 0 Å². The molecule has 100 valence electrons. The highest BCUT2D eigenvalue weighted by Crippen LogP contribution is 2.33. The van der Waals surface area contributed by atoms with Crippen molar-refractivity contribution in [1.82, 2.24) is 5.32 Å². The molecule has 0 spiro atoms. The fourth-order valence-electron chi connectivity index (χ4n) is 2.40. The average Bonchev–Trinajstić information content (AvgIpc) is 2.87. The smallest absolute Gasteiger partial charge is 0.128 e. The summed E-state index contributed by atoms with van der Waals surface area (Å²) in [6.07, 6.45) is 5.35.